The van der Waals surface area contributed by atoms with E-state index in [0.717, 1.165) is 47.8 Å². The quantitative estimate of drug-likeness (QED) is 0.0996. The van der Waals surface area contributed by atoms with Gasteiger partial charge in [0.15, 0.2) is 0 Å². The first-order chi connectivity index (χ1) is 28.8. The van der Waals surface area contributed by atoms with Crippen molar-refractivity contribution in [3.63, 3.8) is 0 Å². The van der Waals surface area contributed by atoms with Crippen molar-refractivity contribution in [2.75, 3.05) is 39.9 Å². The van der Waals surface area contributed by atoms with Crippen molar-refractivity contribution in [3.8, 4) is 11.3 Å². The Balaban J connectivity index is 1.16. The van der Waals surface area contributed by atoms with E-state index in [2.05, 4.69) is 49.0 Å². The van der Waals surface area contributed by atoms with Crippen LogP contribution < -0.4 is 26.6 Å². The van der Waals surface area contributed by atoms with Gasteiger partial charge in [0.1, 0.15) is 17.1 Å². The van der Waals surface area contributed by atoms with E-state index in [1.54, 1.807) is 30.2 Å². The minimum Gasteiger partial charge on any atom is -0.351 e. The Morgan fingerprint density at radius 1 is 0.900 bits per heavy atom. The van der Waals surface area contributed by atoms with Gasteiger partial charge in [-0.05, 0) is 62.8 Å². The van der Waals surface area contributed by atoms with Gasteiger partial charge in [0.25, 0.3) is 5.91 Å². The molecule has 4 aromatic rings. The molecule has 320 valence electrons. The van der Waals surface area contributed by atoms with Crippen LogP contribution in [0.25, 0.3) is 11.3 Å². The van der Waals surface area contributed by atoms with Crippen molar-refractivity contribution in [3.05, 3.63) is 113 Å². The molecule has 60 heavy (non-hydrogen) atoms. The van der Waals surface area contributed by atoms with Gasteiger partial charge in [-0.1, -0.05) is 107 Å². The van der Waals surface area contributed by atoms with Gasteiger partial charge in [-0.15, -0.1) is 11.3 Å². The van der Waals surface area contributed by atoms with Crippen molar-refractivity contribution in [2.24, 2.45) is 5.41 Å². The maximum absolute atomic E-state index is 14.6. The summed E-state index contributed by atoms with van der Waals surface area (Å²) in [6.07, 6.45) is 2.72. The Morgan fingerprint density at radius 3 is 2.15 bits per heavy atom. The molecule has 0 bridgehead atoms. The summed E-state index contributed by atoms with van der Waals surface area (Å²) < 4.78 is 0. The summed E-state index contributed by atoms with van der Waals surface area (Å²) in [6.45, 7) is 12.5. The highest BCUT2D eigenvalue weighted by molar-refractivity contribution is 7.10. The van der Waals surface area contributed by atoms with Crippen molar-refractivity contribution < 1.29 is 19.2 Å². The minimum atomic E-state index is -0.836. The summed E-state index contributed by atoms with van der Waals surface area (Å²) in [4.78, 5) is 64.4. The molecule has 6 rings (SSSR count). The number of nitrogens with one attached hydrogen (secondary N) is 5. The minimum absolute atomic E-state index is 0.100. The number of carbonyl (C=O) groups is 4. The molecular formula is C47H62N8O4S. The van der Waals surface area contributed by atoms with E-state index in [9.17, 15) is 19.2 Å². The maximum Gasteiger partial charge on any atom is 0.251 e. The first-order valence-electron chi connectivity index (χ1n) is 21.3. The van der Waals surface area contributed by atoms with Gasteiger partial charge in [-0.3, -0.25) is 29.4 Å². The van der Waals surface area contributed by atoms with Gasteiger partial charge < -0.3 is 26.2 Å². The molecule has 0 saturated carbocycles. The van der Waals surface area contributed by atoms with Gasteiger partial charge in [-0.25, -0.2) is 4.98 Å². The fraction of sp³-hybridized carbons (Fsp3) is 0.468. The summed E-state index contributed by atoms with van der Waals surface area (Å²) in [5.41, 5.74) is 2.69. The van der Waals surface area contributed by atoms with Crippen LogP contribution in [-0.4, -0.2) is 102 Å². The molecule has 0 radical (unpaired) electrons. The molecular weight excluding hydrogens is 773 g/mol. The van der Waals surface area contributed by atoms with E-state index in [0.29, 0.717) is 38.2 Å². The summed E-state index contributed by atoms with van der Waals surface area (Å²) >= 11 is 1.65. The van der Waals surface area contributed by atoms with Crippen LogP contribution in [0.1, 0.15) is 87.3 Å². The van der Waals surface area contributed by atoms with Gasteiger partial charge in [0, 0.05) is 60.8 Å². The molecule has 0 spiro atoms. The summed E-state index contributed by atoms with van der Waals surface area (Å²) in [7, 11) is 1.71. The molecule has 1 aromatic heterocycles. The fourth-order valence-electron chi connectivity index (χ4n) is 8.13. The molecule has 5 atom stereocenters. The second-order valence-corrected chi connectivity index (χ2v) is 18.2. The van der Waals surface area contributed by atoms with Gasteiger partial charge in [0.05, 0.1) is 17.8 Å². The Morgan fingerprint density at radius 2 is 1.53 bits per heavy atom. The lowest BCUT2D eigenvalue weighted by molar-refractivity contribution is -0.144. The molecule has 3 aromatic carbocycles. The summed E-state index contributed by atoms with van der Waals surface area (Å²) in [6, 6.07) is 27.0. The highest BCUT2D eigenvalue weighted by Crippen LogP contribution is 2.39. The number of rotatable bonds is 16. The third kappa shape index (κ3) is 10.9. The number of aromatic nitrogens is 1. The van der Waals surface area contributed by atoms with Crippen LogP contribution in [-0.2, 0) is 19.8 Å². The number of amides is 4. The lowest BCUT2D eigenvalue weighted by Gasteiger charge is -2.41. The third-order valence-electron chi connectivity index (χ3n) is 12.1. The van der Waals surface area contributed by atoms with Crippen LogP contribution in [0.15, 0.2) is 96.4 Å². The van der Waals surface area contributed by atoms with E-state index in [1.165, 1.54) is 0 Å². The number of benzene rings is 3. The van der Waals surface area contributed by atoms with Crippen LogP contribution in [0, 0.1) is 5.41 Å². The van der Waals surface area contributed by atoms with E-state index >= 15 is 0 Å². The van der Waals surface area contributed by atoms with Crippen LogP contribution in [0.5, 0.6) is 0 Å². The van der Waals surface area contributed by atoms with Gasteiger partial charge in [0.2, 0.25) is 17.7 Å². The standard InChI is InChI=1S/C47H62N8O4S/c1-7-37(33-17-11-8-12-18-33)51-43(58)39-27-36(28-55(39)44(59)40(46(3,4)5)53-41(56)32(2)48-6)50-31-54-25-23-47(24-26-54,30-49-42(57)35-21-15-10-16-22-35)45-52-38(29-60-45)34-19-13-9-14-20-34/h8-22,29,32,36-37,39-40,48,50H,7,23-28,30-31H2,1-6H3,(H,49,57)(H,51,58)(H,53,56)/t32?,36-,37+,39-,40?/m0/s1. The smallest absolute Gasteiger partial charge is 0.251 e. The number of hydrogen-bond acceptors (Lipinski definition) is 9. The third-order valence-corrected chi connectivity index (χ3v) is 13.2. The fourth-order valence-corrected chi connectivity index (χ4v) is 9.22. The van der Waals surface area contributed by atoms with Gasteiger partial charge in [-0.2, -0.15) is 0 Å². The first-order valence-corrected chi connectivity index (χ1v) is 22.1. The molecule has 13 heteroatoms. The van der Waals surface area contributed by atoms with Gasteiger partial charge >= 0.3 is 0 Å². The molecule has 3 heterocycles. The van der Waals surface area contributed by atoms with Crippen molar-refractivity contribution >= 4 is 35.0 Å². The largest absolute Gasteiger partial charge is 0.351 e. The number of likely N-dealkylation sites (N-methyl/N-ethyl adjacent to an activating group) is 1. The molecule has 0 aliphatic carbocycles. The molecule has 5 N–H and O–H groups in total. The number of hydrogen-bond donors (Lipinski definition) is 5. The Hall–Kier alpha value is -4.95. The van der Waals surface area contributed by atoms with Crippen LogP contribution in [0.4, 0.5) is 0 Å². The normalized spacial score (nSPS) is 19.5. The Kier molecular flexibility index (Phi) is 14.9. The SMILES string of the molecule is CC[C@@H](NC(=O)[C@@H]1C[C@H](NCN2CCC(CNC(=O)c3ccccc3)(c3nc(-c4ccccc4)cs3)CC2)CN1C(=O)C(NC(=O)C(C)NC)C(C)(C)C)c1ccccc1. The average molecular weight is 835 g/mol. The molecule has 2 fully saturated rings. The molecule has 2 saturated heterocycles. The highest BCUT2D eigenvalue weighted by atomic mass is 32.1. The lowest BCUT2D eigenvalue weighted by Crippen LogP contribution is -2.59. The lowest BCUT2D eigenvalue weighted by atomic mass is 9.78. The molecule has 4 amide bonds. The van der Waals surface area contributed by atoms with Crippen molar-refractivity contribution in [2.45, 2.75) is 95.9 Å². The van der Waals surface area contributed by atoms with Crippen LogP contribution in [0.3, 0.4) is 0 Å². The summed E-state index contributed by atoms with van der Waals surface area (Å²) in [5.74, 6) is -0.846. The predicted octanol–water partition coefficient (Wildman–Crippen LogP) is 5.50. The topological polar surface area (TPSA) is 148 Å². The molecule has 12 nitrogen and oxygen atoms in total. The van der Waals surface area contributed by atoms with E-state index < -0.39 is 23.5 Å². The molecule has 2 unspecified atom stereocenters. The second kappa shape index (κ2) is 20.1. The number of piperidine rings is 1. The van der Waals surface area contributed by atoms with Crippen molar-refractivity contribution in [1.82, 2.24) is 41.4 Å². The van der Waals surface area contributed by atoms with E-state index in [-0.39, 0.29) is 41.1 Å². The van der Waals surface area contributed by atoms with Crippen molar-refractivity contribution in [1.29, 1.82) is 0 Å². The molecule has 2 aliphatic rings. The van der Waals surface area contributed by atoms with Crippen LogP contribution in [0.2, 0.25) is 0 Å². The Bertz CT molecular complexity index is 2030. The zero-order valence-electron chi connectivity index (χ0n) is 35.9. The number of carbonyl (C=O) groups excluding carboxylic acids is 4. The molecule has 2 aliphatic heterocycles. The zero-order chi connectivity index (χ0) is 42.9. The van der Waals surface area contributed by atoms with Crippen LogP contribution >= 0.6 is 11.3 Å². The maximum atomic E-state index is 14.6. The summed E-state index contributed by atoms with van der Waals surface area (Å²) in [5, 5.41) is 19.3. The highest BCUT2D eigenvalue weighted by Gasteiger charge is 2.46. The van der Waals surface area contributed by atoms with E-state index in [4.69, 9.17) is 4.98 Å². The first kappa shape index (κ1) is 44.6. The average Bonchev–Trinajstić information content (AvgIpc) is 3.95. The number of thiazole rings is 1. The number of nitrogens with zero attached hydrogens (tertiary/aromatic N) is 3. The monoisotopic (exact) mass is 834 g/mol. The number of likely N-dealkylation sites (tertiary alicyclic amines) is 2. The predicted molar refractivity (Wildman–Crippen MR) is 238 cm³/mol. The second-order valence-electron chi connectivity index (χ2n) is 17.4. The Labute approximate surface area is 359 Å². The zero-order valence-corrected chi connectivity index (χ0v) is 36.7. The van der Waals surface area contributed by atoms with E-state index in [1.807, 2.05) is 107 Å².